The van der Waals surface area contributed by atoms with E-state index in [0.717, 1.165) is 11.9 Å². The maximum Gasteiger partial charge on any atom is 0.321 e. The van der Waals surface area contributed by atoms with E-state index in [0.29, 0.717) is 29.5 Å². The van der Waals surface area contributed by atoms with Crippen LogP contribution in [0.25, 0.3) is 11.0 Å². The number of esters is 1. The lowest BCUT2D eigenvalue weighted by Gasteiger charge is -2.38. The number of benzene rings is 2. The maximum atomic E-state index is 14.2. The van der Waals surface area contributed by atoms with Crippen LogP contribution in [0.2, 0.25) is 0 Å². The third-order valence-corrected chi connectivity index (χ3v) is 5.61. The van der Waals surface area contributed by atoms with Crippen LogP contribution in [0.5, 0.6) is 0 Å². The molecule has 7 heteroatoms. The molecule has 1 aliphatic heterocycles. The van der Waals surface area contributed by atoms with E-state index < -0.39 is 23.7 Å². The van der Waals surface area contributed by atoms with Crippen LogP contribution < -0.4 is 4.90 Å². The summed E-state index contributed by atoms with van der Waals surface area (Å²) in [4.78, 5) is 33.0. The number of hydrogen-bond donors (Lipinski definition) is 0. The summed E-state index contributed by atoms with van der Waals surface area (Å²) < 4.78 is 21.3. The number of imidazole rings is 1. The predicted octanol–water partition coefficient (Wildman–Crippen LogP) is 4.34. The lowest BCUT2D eigenvalue weighted by atomic mass is 9.89. The molecule has 0 aliphatic carbocycles. The van der Waals surface area contributed by atoms with Gasteiger partial charge in [0.2, 0.25) is 11.9 Å². The molecule has 0 N–H and O–H groups in total. The van der Waals surface area contributed by atoms with Crippen LogP contribution in [-0.2, 0) is 14.3 Å². The van der Waals surface area contributed by atoms with Crippen molar-refractivity contribution in [1.82, 2.24) is 9.55 Å². The Morgan fingerprint density at radius 3 is 2.68 bits per heavy atom. The number of carbonyl (C=O) groups is 2. The van der Waals surface area contributed by atoms with Crippen LogP contribution >= 0.6 is 0 Å². The minimum absolute atomic E-state index is 0.155. The second kappa shape index (κ2) is 8.49. The monoisotopic (exact) mass is 423 g/mol. The third-order valence-electron chi connectivity index (χ3n) is 5.61. The van der Waals surface area contributed by atoms with Crippen LogP contribution in [0.4, 0.5) is 10.3 Å². The summed E-state index contributed by atoms with van der Waals surface area (Å²) in [6.45, 7) is 6.45. The summed E-state index contributed by atoms with van der Waals surface area (Å²) in [6.07, 6.45) is 0.759. The molecule has 1 amide bonds. The van der Waals surface area contributed by atoms with E-state index >= 15 is 0 Å². The highest BCUT2D eigenvalue weighted by molar-refractivity contribution is 6.08. The highest BCUT2D eigenvalue weighted by Gasteiger charge is 2.47. The molecule has 0 saturated heterocycles. The molecule has 0 fully saturated rings. The van der Waals surface area contributed by atoms with E-state index in [1.54, 1.807) is 24.0 Å². The van der Waals surface area contributed by atoms with Crippen molar-refractivity contribution < 1.29 is 18.7 Å². The fraction of sp³-hybridized carbons (Fsp3) is 0.375. The van der Waals surface area contributed by atoms with Gasteiger partial charge >= 0.3 is 5.97 Å². The standard InChI is InChI=1S/C24H26FN3O3/c1-4-31-23(30)20-21(16-8-7-9-17(25)14-16)28-19-11-6-5-10-18(19)26-24(28)27(22(20)29)13-12-15(2)3/h5-11,14-15,20-21H,4,12-13H2,1-3H3. The normalized spacial score (nSPS) is 18.5. The highest BCUT2D eigenvalue weighted by atomic mass is 19.1. The molecule has 3 aromatic rings. The molecule has 2 unspecified atom stereocenters. The molecule has 6 nitrogen and oxygen atoms in total. The van der Waals surface area contributed by atoms with E-state index in [1.807, 2.05) is 28.8 Å². The van der Waals surface area contributed by atoms with Crippen molar-refractivity contribution in [2.24, 2.45) is 11.8 Å². The quantitative estimate of drug-likeness (QED) is 0.437. The molecular weight excluding hydrogens is 397 g/mol. The number of aromatic nitrogens is 2. The second-order valence-corrected chi connectivity index (χ2v) is 8.17. The fourth-order valence-electron chi connectivity index (χ4n) is 4.14. The maximum absolute atomic E-state index is 14.2. The van der Waals surface area contributed by atoms with Gasteiger partial charge < -0.3 is 9.30 Å². The number of fused-ring (bicyclic) bond motifs is 3. The zero-order valence-corrected chi connectivity index (χ0v) is 17.9. The Labute approximate surface area is 180 Å². The summed E-state index contributed by atoms with van der Waals surface area (Å²) in [5.41, 5.74) is 2.02. The summed E-state index contributed by atoms with van der Waals surface area (Å²) in [6, 6.07) is 12.8. The Kier molecular flexibility index (Phi) is 5.76. The number of nitrogens with zero attached hydrogens (tertiary/aromatic N) is 3. The van der Waals surface area contributed by atoms with Crippen molar-refractivity contribution in [3.63, 3.8) is 0 Å². The van der Waals surface area contributed by atoms with Crippen molar-refractivity contribution >= 4 is 28.9 Å². The molecule has 2 heterocycles. The minimum atomic E-state index is -1.13. The Balaban J connectivity index is 1.97. The number of rotatable bonds is 6. The fourth-order valence-corrected chi connectivity index (χ4v) is 4.14. The van der Waals surface area contributed by atoms with Gasteiger partial charge in [-0.2, -0.15) is 0 Å². The Morgan fingerprint density at radius 1 is 1.19 bits per heavy atom. The molecule has 1 aromatic heterocycles. The third kappa shape index (κ3) is 3.80. The van der Waals surface area contributed by atoms with Gasteiger partial charge in [0, 0.05) is 6.54 Å². The molecule has 162 valence electrons. The first-order chi connectivity index (χ1) is 14.9. The minimum Gasteiger partial charge on any atom is -0.465 e. The number of anilines is 1. The Hall–Kier alpha value is -3.22. The predicted molar refractivity (Wildman–Crippen MR) is 116 cm³/mol. The molecule has 4 rings (SSSR count). The number of ether oxygens (including phenoxy) is 1. The molecule has 31 heavy (non-hydrogen) atoms. The lowest BCUT2D eigenvalue weighted by molar-refractivity contribution is -0.153. The smallest absolute Gasteiger partial charge is 0.321 e. The van der Waals surface area contributed by atoms with Crippen molar-refractivity contribution in [1.29, 1.82) is 0 Å². The van der Waals surface area contributed by atoms with Gasteiger partial charge in [-0.05, 0) is 49.1 Å². The Morgan fingerprint density at radius 2 is 1.97 bits per heavy atom. The van der Waals surface area contributed by atoms with Crippen LogP contribution in [0.15, 0.2) is 48.5 Å². The van der Waals surface area contributed by atoms with Crippen molar-refractivity contribution in [3.8, 4) is 0 Å². The number of hydrogen-bond acceptors (Lipinski definition) is 4. The van der Waals surface area contributed by atoms with Gasteiger partial charge in [0.1, 0.15) is 5.82 Å². The van der Waals surface area contributed by atoms with Gasteiger partial charge in [-0.1, -0.05) is 38.1 Å². The topological polar surface area (TPSA) is 64.4 Å². The zero-order valence-electron chi connectivity index (χ0n) is 17.9. The first-order valence-electron chi connectivity index (χ1n) is 10.6. The highest BCUT2D eigenvalue weighted by Crippen LogP contribution is 2.41. The van der Waals surface area contributed by atoms with E-state index in [2.05, 4.69) is 13.8 Å². The summed E-state index contributed by atoms with van der Waals surface area (Å²) in [7, 11) is 0. The average Bonchev–Trinajstić information content (AvgIpc) is 3.11. The van der Waals surface area contributed by atoms with E-state index in [1.165, 1.54) is 12.1 Å². The molecule has 1 aliphatic rings. The lowest BCUT2D eigenvalue weighted by Crippen LogP contribution is -2.50. The number of carbonyl (C=O) groups excluding carboxylic acids is 2. The zero-order chi connectivity index (χ0) is 22.1. The SMILES string of the molecule is CCOC(=O)C1C(=O)N(CCC(C)C)c2nc3ccccc3n2C1c1cccc(F)c1. The molecule has 2 aromatic carbocycles. The molecule has 0 bridgehead atoms. The molecule has 0 radical (unpaired) electrons. The molecular formula is C24H26FN3O3. The van der Waals surface area contributed by atoms with Gasteiger partial charge in [0.25, 0.3) is 0 Å². The van der Waals surface area contributed by atoms with E-state index in [9.17, 15) is 14.0 Å². The van der Waals surface area contributed by atoms with Crippen LogP contribution in [0.3, 0.4) is 0 Å². The molecule has 2 atom stereocenters. The second-order valence-electron chi connectivity index (χ2n) is 8.17. The average molecular weight is 423 g/mol. The molecule has 0 saturated carbocycles. The van der Waals surface area contributed by atoms with Crippen molar-refractivity contribution in [2.45, 2.75) is 33.2 Å². The largest absolute Gasteiger partial charge is 0.465 e. The van der Waals surface area contributed by atoms with Gasteiger partial charge in [0.15, 0.2) is 5.92 Å². The van der Waals surface area contributed by atoms with E-state index in [4.69, 9.17) is 9.72 Å². The van der Waals surface area contributed by atoms with Crippen LogP contribution in [-0.4, -0.2) is 34.6 Å². The first-order valence-corrected chi connectivity index (χ1v) is 10.6. The Bertz CT molecular complexity index is 1120. The van der Waals surface area contributed by atoms with Gasteiger partial charge in [0.05, 0.1) is 23.7 Å². The van der Waals surface area contributed by atoms with Gasteiger partial charge in [-0.3, -0.25) is 14.5 Å². The summed E-state index contributed by atoms with van der Waals surface area (Å²) >= 11 is 0. The van der Waals surface area contributed by atoms with Gasteiger partial charge in [-0.15, -0.1) is 0 Å². The summed E-state index contributed by atoms with van der Waals surface area (Å²) in [5, 5.41) is 0. The summed E-state index contributed by atoms with van der Waals surface area (Å²) in [5.74, 6) is -1.69. The molecule has 0 spiro atoms. The first kappa shape index (κ1) is 21.0. The van der Waals surface area contributed by atoms with Crippen LogP contribution in [0.1, 0.15) is 38.8 Å². The number of amides is 1. The van der Waals surface area contributed by atoms with Gasteiger partial charge in [-0.25, -0.2) is 9.37 Å². The van der Waals surface area contributed by atoms with Crippen LogP contribution in [0, 0.1) is 17.7 Å². The van der Waals surface area contributed by atoms with E-state index in [-0.39, 0.29) is 12.5 Å². The number of halogens is 1. The van der Waals surface area contributed by atoms with Crippen molar-refractivity contribution in [3.05, 3.63) is 59.9 Å². The number of para-hydroxylation sites is 2. The van der Waals surface area contributed by atoms with Crippen molar-refractivity contribution in [2.75, 3.05) is 18.1 Å².